The molecule has 2 N–H and O–H groups in total. The van der Waals surface area contributed by atoms with Crippen LogP contribution < -0.4 is 10.6 Å². The van der Waals surface area contributed by atoms with Gasteiger partial charge in [-0.25, -0.2) is 8.78 Å². The molecule has 25 heavy (non-hydrogen) atoms. The first-order valence-electron chi connectivity index (χ1n) is 8.55. The Hall–Kier alpha value is -2.43. The lowest BCUT2D eigenvalue weighted by Gasteiger charge is -2.18. The molecule has 0 saturated heterocycles. The molecule has 2 aromatic rings. The van der Waals surface area contributed by atoms with Crippen LogP contribution in [0.15, 0.2) is 53.5 Å². The summed E-state index contributed by atoms with van der Waals surface area (Å²) in [4.78, 5) is 4.22. The molecule has 0 spiro atoms. The van der Waals surface area contributed by atoms with E-state index in [4.69, 9.17) is 0 Å². The molecule has 3 atom stereocenters. The van der Waals surface area contributed by atoms with Crippen LogP contribution in [-0.2, 0) is 0 Å². The Morgan fingerprint density at radius 2 is 1.92 bits per heavy atom. The van der Waals surface area contributed by atoms with Crippen molar-refractivity contribution in [2.75, 3.05) is 13.6 Å². The molecule has 1 aliphatic carbocycles. The third kappa shape index (κ3) is 4.35. The number of benzene rings is 2. The largest absolute Gasteiger partial charge is 0.356 e. The lowest BCUT2D eigenvalue weighted by Crippen LogP contribution is -2.39. The minimum atomic E-state index is -0.835. The summed E-state index contributed by atoms with van der Waals surface area (Å²) < 4.78 is 26.4. The van der Waals surface area contributed by atoms with Gasteiger partial charge < -0.3 is 10.6 Å². The standard InChI is InChI=1S/C20H23F2N3/c1-13(15-8-9-18(21)19(22)11-15)25-20(23-2)24-12-16-10-17(16)14-6-4-3-5-7-14/h3-9,11,13,16-17H,10,12H2,1-2H3,(H2,23,24,25). The van der Waals surface area contributed by atoms with Gasteiger partial charge in [0.1, 0.15) is 0 Å². The van der Waals surface area contributed by atoms with Crippen LogP contribution in [-0.4, -0.2) is 19.6 Å². The van der Waals surface area contributed by atoms with Crippen molar-refractivity contribution in [3.8, 4) is 0 Å². The molecular weight excluding hydrogens is 320 g/mol. The summed E-state index contributed by atoms with van der Waals surface area (Å²) in [6.07, 6.45) is 1.17. The van der Waals surface area contributed by atoms with Gasteiger partial charge in [-0.3, -0.25) is 4.99 Å². The van der Waals surface area contributed by atoms with Crippen LogP contribution in [0.5, 0.6) is 0 Å². The molecule has 1 aliphatic rings. The van der Waals surface area contributed by atoms with E-state index in [2.05, 4.69) is 39.9 Å². The Bertz CT molecular complexity index is 746. The molecule has 3 rings (SSSR count). The average Bonchev–Trinajstić information content (AvgIpc) is 3.41. The molecule has 5 heteroatoms. The Kier molecular flexibility index (Phi) is 5.31. The van der Waals surface area contributed by atoms with E-state index < -0.39 is 11.6 Å². The SMILES string of the molecule is CN=C(NCC1CC1c1ccccc1)NC(C)c1ccc(F)c(F)c1. The van der Waals surface area contributed by atoms with Crippen molar-refractivity contribution in [2.45, 2.75) is 25.3 Å². The van der Waals surface area contributed by atoms with E-state index >= 15 is 0 Å². The zero-order chi connectivity index (χ0) is 17.8. The van der Waals surface area contributed by atoms with Gasteiger partial charge in [0, 0.05) is 13.6 Å². The summed E-state index contributed by atoms with van der Waals surface area (Å²) in [6, 6.07) is 14.3. The van der Waals surface area contributed by atoms with E-state index in [9.17, 15) is 8.78 Å². The first-order valence-corrected chi connectivity index (χ1v) is 8.55. The van der Waals surface area contributed by atoms with Gasteiger partial charge in [0.25, 0.3) is 0 Å². The maximum Gasteiger partial charge on any atom is 0.191 e. The van der Waals surface area contributed by atoms with E-state index in [0.717, 1.165) is 12.6 Å². The topological polar surface area (TPSA) is 36.4 Å². The highest BCUT2D eigenvalue weighted by molar-refractivity contribution is 5.80. The fourth-order valence-corrected chi connectivity index (χ4v) is 3.07. The van der Waals surface area contributed by atoms with E-state index in [1.54, 1.807) is 13.1 Å². The fourth-order valence-electron chi connectivity index (χ4n) is 3.07. The number of hydrogen-bond acceptors (Lipinski definition) is 1. The van der Waals surface area contributed by atoms with Crippen molar-refractivity contribution in [1.82, 2.24) is 10.6 Å². The summed E-state index contributed by atoms with van der Waals surface area (Å²) in [7, 11) is 1.70. The molecule has 0 aromatic heterocycles. The predicted octanol–water partition coefficient (Wildman–Crippen LogP) is 3.99. The van der Waals surface area contributed by atoms with Gasteiger partial charge in [-0.2, -0.15) is 0 Å². The molecule has 0 bridgehead atoms. The van der Waals surface area contributed by atoms with Crippen LogP contribution in [0, 0.1) is 17.6 Å². The number of guanidine groups is 1. The zero-order valence-electron chi connectivity index (χ0n) is 14.5. The van der Waals surface area contributed by atoms with Crippen LogP contribution in [0.3, 0.4) is 0 Å². The highest BCUT2D eigenvalue weighted by Crippen LogP contribution is 2.46. The Balaban J connectivity index is 1.51. The Labute approximate surface area is 147 Å². The first kappa shape index (κ1) is 17.4. The number of nitrogens with zero attached hydrogens (tertiary/aromatic N) is 1. The molecule has 1 fully saturated rings. The second kappa shape index (κ2) is 7.64. The van der Waals surface area contributed by atoms with Gasteiger partial charge in [0.2, 0.25) is 0 Å². The second-order valence-corrected chi connectivity index (χ2v) is 6.51. The summed E-state index contributed by atoms with van der Waals surface area (Å²) >= 11 is 0. The predicted molar refractivity (Wildman–Crippen MR) is 96.6 cm³/mol. The van der Waals surface area contributed by atoms with Gasteiger partial charge >= 0.3 is 0 Å². The average molecular weight is 343 g/mol. The van der Waals surface area contributed by atoms with Crippen LogP contribution in [0.25, 0.3) is 0 Å². The summed E-state index contributed by atoms with van der Waals surface area (Å²) in [5, 5.41) is 6.55. The summed E-state index contributed by atoms with van der Waals surface area (Å²) in [5.74, 6) is 0.197. The van der Waals surface area contributed by atoms with Crippen LogP contribution in [0.4, 0.5) is 8.78 Å². The van der Waals surface area contributed by atoms with E-state index in [-0.39, 0.29) is 6.04 Å². The molecule has 3 nitrogen and oxygen atoms in total. The van der Waals surface area contributed by atoms with Crippen molar-refractivity contribution in [3.05, 3.63) is 71.3 Å². The number of rotatable bonds is 5. The van der Waals surface area contributed by atoms with Crippen molar-refractivity contribution < 1.29 is 8.78 Å². The maximum atomic E-state index is 13.4. The molecule has 2 aromatic carbocycles. The molecule has 132 valence electrons. The zero-order valence-corrected chi connectivity index (χ0v) is 14.5. The Morgan fingerprint density at radius 3 is 2.60 bits per heavy atom. The third-order valence-electron chi connectivity index (χ3n) is 4.70. The summed E-state index contributed by atoms with van der Waals surface area (Å²) in [5.41, 5.74) is 2.06. The molecule has 0 heterocycles. The number of aliphatic imine (C=N–C) groups is 1. The minimum Gasteiger partial charge on any atom is -0.356 e. The molecule has 1 saturated carbocycles. The van der Waals surface area contributed by atoms with Gasteiger partial charge in [0.05, 0.1) is 6.04 Å². The van der Waals surface area contributed by atoms with E-state index in [1.165, 1.54) is 18.1 Å². The number of nitrogens with one attached hydrogen (secondary N) is 2. The fraction of sp³-hybridized carbons (Fsp3) is 0.350. The highest BCUT2D eigenvalue weighted by atomic mass is 19.2. The van der Waals surface area contributed by atoms with E-state index in [0.29, 0.717) is 23.4 Å². The van der Waals surface area contributed by atoms with Crippen LogP contribution in [0.1, 0.15) is 36.4 Å². The van der Waals surface area contributed by atoms with Gasteiger partial charge in [-0.1, -0.05) is 36.4 Å². The first-order chi connectivity index (χ1) is 12.1. The maximum absolute atomic E-state index is 13.4. The van der Waals surface area contributed by atoms with Crippen LogP contribution >= 0.6 is 0 Å². The van der Waals surface area contributed by atoms with Gasteiger partial charge in [-0.15, -0.1) is 0 Å². The van der Waals surface area contributed by atoms with Crippen molar-refractivity contribution in [2.24, 2.45) is 10.9 Å². The normalized spacial score (nSPS) is 20.9. The van der Waals surface area contributed by atoms with E-state index in [1.807, 2.05) is 13.0 Å². The van der Waals surface area contributed by atoms with Crippen molar-refractivity contribution >= 4 is 5.96 Å². The molecule has 0 amide bonds. The molecule has 0 radical (unpaired) electrons. The third-order valence-corrected chi connectivity index (χ3v) is 4.70. The second-order valence-electron chi connectivity index (χ2n) is 6.51. The lowest BCUT2D eigenvalue weighted by atomic mass is 10.1. The molecule has 0 aliphatic heterocycles. The van der Waals surface area contributed by atoms with Gasteiger partial charge in [-0.05, 0) is 48.4 Å². The molecular formula is C20H23F2N3. The minimum absolute atomic E-state index is 0.176. The van der Waals surface area contributed by atoms with Crippen LogP contribution in [0.2, 0.25) is 0 Å². The molecule has 3 unspecified atom stereocenters. The number of halogens is 2. The van der Waals surface area contributed by atoms with Gasteiger partial charge in [0.15, 0.2) is 17.6 Å². The quantitative estimate of drug-likeness (QED) is 0.636. The monoisotopic (exact) mass is 343 g/mol. The van der Waals surface area contributed by atoms with Crippen molar-refractivity contribution in [1.29, 1.82) is 0 Å². The number of hydrogen-bond donors (Lipinski definition) is 2. The lowest BCUT2D eigenvalue weighted by molar-refractivity contribution is 0.504. The highest BCUT2D eigenvalue weighted by Gasteiger charge is 2.37. The smallest absolute Gasteiger partial charge is 0.191 e. The summed E-state index contributed by atoms with van der Waals surface area (Å²) in [6.45, 7) is 2.73. The Morgan fingerprint density at radius 1 is 1.16 bits per heavy atom. The van der Waals surface area contributed by atoms with Crippen molar-refractivity contribution in [3.63, 3.8) is 0 Å².